The van der Waals surface area contributed by atoms with Crippen molar-refractivity contribution in [1.82, 2.24) is 0 Å². The van der Waals surface area contributed by atoms with Crippen molar-refractivity contribution in [2.45, 2.75) is 20.0 Å². The molecule has 21 heavy (non-hydrogen) atoms. The molecule has 1 unspecified atom stereocenters. The number of imide groups is 1. The molecule has 0 aliphatic carbocycles. The molecule has 4 nitrogen and oxygen atoms in total. The highest BCUT2D eigenvalue weighted by Crippen LogP contribution is 2.34. The lowest BCUT2D eigenvalue weighted by Gasteiger charge is -2.31. The van der Waals surface area contributed by atoms with Crippen molar-refractivity contribution in [2.24, 2.45) is 0 Å². The topological polar surface area (TPSA) is 46.6 Å². The number of nitrogens with zero attached hydrogens (tertiary/aromatic N) is 1. The van der Waals surface area contributed by atoms with Gasteiger partial charge in [-0.05, 0) is 38.1 Å². The maximum Gasteiger partial charge on any atom is 0.274 e. The summed E-state index contributed by atoms with van der Waals surface area (Å²) in [5.74, 6) is -0.132. The molecule has 0 bridgehead atoms. The quantitative estimate of drug-likeness (QED) is 0.755. The van der Waals surface area contributed by atoms with Crippen molar-refractivity contribution in [3.8, 4) is 5.75 Å². The second kappa shape index (κ2) is 5.05. The van der Waals surface area contributed by atoms with Crippen molar-refractivity contribution in [1.29, 1.82) is 0 Å². The first-order valence-electron chi connectivity index (χ1n) is 6.78. The van der Waals surface area contributed by atoms with Crippen molar-refractivity contribution in [3.05, 3.63) is 59.7 Å². The Morgan fingerprint density at radius 2 is 1.76 bits per heavy atom. The van der Waals surface area contributed by atoms with Crippen LogP contribution in [0.15, 0.2) is 48.5 Å². The van der Waals surface area contributed by atoms with E-state index in [2.05, 4.69) is 0 Å². The van der Waals surface area contributed by atoms with Gasteiger partial charge in [-0.15, -0.1) is 0 Å². The Bertz CT molecular complexity index is 706. The maximum absolute atomic E-state index is 12.7. The lowest BCUT2D eigenvalue weighted by molar-refractivity contribution is -0.124. The minimum atomic E-state index is -0.672. The predicted molar refractivity (Wildman–Crippen MR) is 79.5 cm³/mol. The molecule has 0 radical (unpaired) electrons. The summed E-state index contributed by atoms with van der Waals surface area (Å²) in [7, 11) is 0. The van der Waals surface area contributed by atoms with Crippen LogP contribution in [0, 0.1) is 6.92 Å². The molecule has 2 aromatic carbocycles. The highest BCUT2D eigenvalue weighted by atomic mass is 16.5. The van der Waals surface area contributed by atoms with Crippen LogP contribution in [0.5, 0.6) is 5.75 Å². The first-order valence-corrected chi connectivity index (χ1v) is 6.78. The number of fused-ring (bicyclic) bond motifs is 1. The summed E-state index contributed by atoms with van der Waals surface area (Å²) < 4.78 is 5.54. The zero-order valence-electron chi connectivity index (χ0n) is 11.9. The van der Waals surface area contributed by atoms with E-state index >= 15 is 0 Å². The van der Waals surface area contributed by atoms with Crippen molar-refractivity contribution in [3.63, 3.8) is 0 Å². The number of carbonyl (C=O) groups excluding carboxylic acids is 2. The molecule has 0 spiro atoms. The SMILES string of the molecule is Cc1ccc(C(=O)N2C(=O)C(C)Oc3ccccc32)cc1. The van der Waals surface area contributed by atoms with Crippen molar-refractivity contribution in [2.75, 3.05) is 4.90 Å². The van der Waals surface area contributed by atoms with Gasteiger partial charge in [-0.2, -0.15) is 0 Å². The second-order valence-corrected chi connectivity index (χ2v) is 5.07. The van der Waals surface area contributed by atoms with Gasteiger partial charge in [-0.3, -0.25) is 9.59 Å². The molecule has 0 saturated carbocycles. The summed E-state index contributed by atoms with van der Waals surface area (Å²) in [5, 5.41) is 0. The standard InChI is InChI=1S/C17H15NO3/c1-11-7-9-13(10-8-11)17(20)18-14-5-3-4-6-15(14)21-12(2)16(18)19/h3-10,12H,1-2H3. The van der Waals surface area contributed by atoms with Crippen LogP contribution in [0.2, 0.25) is 0 Å². The van der Waals surface area contributed by atoms with E-state index in [0.717, 1.165) is 5.56 Å². The van der Waals surface area contributed by atoms with Gasteiger partial charge < -0.3 is 4.74 Å². The van der Waals surface area contributed by atoms with Crippen LogP contribution in [0.1, 0.15) is 22.8 Å². The Morgan fingerprint density at radius 1 is 1.10 bits per heavy atom. The zero-order chi connectivity index (χ0) is 15.0. The third-order valence-electron chi connectivity index (χ3n) is 3.48. The first kappa shape index (κ1) is 13.4. The number of amides is 2. The molecule has 3 rings (SSSR count). The molecule has 0 aromatic heterocycles. The fourth-order valence-corrected chi connectivity index (χ4v) is 2.32. The number of carbonyl (C=O) groups is 2. The maximum atomic E-state index is 12.7. The lowest BCUT2D eigenvalue weighted by Crippen LogP contribution is -2.47. The Kier molecular flexibility index (Phi) is 3.22. The van der Waals surface area contributed by atoms with Crippen LogP contribution in [0.25, 0.3) is 0 Å². The summed E-state index contributed by atoms with van der Waals surface area (Å²) in [6.45, 7) is 3.60. The molecule has 0 saturated heterocycles. The minimum Gasteiger partial charge on any atom is -0.479 e. The number of rotatable bonds is 1. The number of ether oxygens (including phenoxy) is 1. The Hall–Kier alpha value is -2.62. The predicted octanol–water partition coefficient (Wildman–Crippen LogP) is 2.95. The van der Waals surface area contributed by atoms with Crippen LogP contribution in [0.3, 0.4) is 0 Å². The highest BCUT2D eigenvalue weighted by Gasteiger charge is 2.35. The molecule has 1 aliphatic rings. The van der Waals surface area contributed by atoms with Gasteiger partial charge in [0, 0.05) is 5.56 Å². The van der Waals surface area contributed by atoms with Crippen LogP contribution in [-0.4, -0.2) is 17.9 Å². The van der Waals surface area contributed by atoms with Gasteiger partial charge in [0.25, 0.3) is 11.8 Å². The van der Waals surface area contributed by atoms with Gasteiger partial charge in [-0.25, -0.2) is 4.90 Å². The molecule has 2 aromatic rings. The molecule has 0 fully saturated rings. The van der Waals surface area contributed by atoms with E-state index in [0.29, 0.717) is 17.0 Å². The van der Waals surface area contributed by atoms with E-state index in [9.17, 15) is 9.59 Å². The second-order valence-electron chi connectivity index (χ2n) is 5.07. The van der Waals surface area contributed by atoms with Crippen LogP contribution < -0.4 is 9.64 Å². The normalized spacial score (nSPS) is 17.1. The molecular weight excluding hydrogens is 266 g/mol. The van der Waals surface area contributed by atoms with Gasteiger partial charge in [0.1, 0.15) is 5.75 Å². The largest absolute Gasteiger partial charge is 0.479 e. The van der Waals surface area contributed by atoms with Gasteiger partial charge >= 0.3 is 0 Å². The number of para-hydroxylation sites is 2. The molecule has 1 heterocycles. The van der Waals surface area contributed by atoms with E-state index in [1.54, 1.807) is 37.3 Å². The fraction of sp³-hybridized carbons (Fsp3) is 0.176. The lowest BCUT2D eigenvalue weighted by atomic mass is 10.1. The van der Waals surface area contributed by atoms with E-state index in [-0.39, 0.29) is 11.8 Å². The third-order valence-corrected chi connectivity index (χ3v) is 3.48. The van der Waals surface area contributed by atoms with Gasteiger partial charge in [0.15, 0.2) is 6.10 Å². The van der Waals surface area contributed by atoms with E-state index in [4.69, 9.17) is 4.74 Å². The van der Waals surface area contributed by atoms with Gasteiger partial charge in [0.2, 0.25) is 0 Å². The third kappa shape index (κ3) is 2.29. The summed E-state index contributed by atoms with van der Waals surface area (Å²) in [6.07, 6.45) is -0.672. The van der Waals surface area contributed by atoms with Gasteiger partial charge in [-0.1, -0.05) is 29.8 Å². The van der Waals surface area contributed by atoms with E-state index < -0.39 is 6.10 Å². The Morgan fingerprint density at radius 3 is 2.48 bits per heavy atom. The van der Waals surface area contributed by atoms with Crippen LogP contribution in [0.4, 0.5) is 5.69 Å². The highest BCUT2D eigenvalue weighted by molar-refractivity contribution is 6.23. The molecule has 1 atom stereocenters. The summed E-state index contributed by atoms with van der Waals surface area (Å²) in [4.78, 5) is 26.2. The van der Waals surface area contributed by atoms with Crippen LogP contribution in [-0.2, 0) is 4.79 Å². The minimum absolute atomic E-state index is 0.331. The number of anilines is 1. The molecule has 1 aliphatic heterocycles. The van der Waals surface area contributed by atoms with Gasteiger partial charge in [0.05, 0.1) is 5.69 Å². The average Bonchev–Trinajstić information content (AvgIpc) is 2.49. The van der Waals surface area contributed by atoms with Crippen molar-refractivity contribution < 1.29 is 14.3 Å². The molecular formula is C17H15NO3. The summed E-state index contributed by atoms with van der Waals surface area (Å²) >= 11 is 0. The summed E-state index contributed by atoms with van der Waals surface area (Å²) in [5.41, 5.74) is 2.04. The fourth-order valence-electron chi connectivity index (χ4n) is 2.32. The number of benzene rings is 2. The monoisotopic (exact) mass is 281 g/mol. The molecule has 0 N–H and O–H groups in total. The first-order chi connectivity index (χ1) is 10.1. The average molecular weight is 281 g/mol. The smallest absolute Gasteiger partial charge is 0.274 e. The molecule has 106 valence electrons. The Balaban J connectivity index is 2.05. The van der Waals surface area contributed by atoms with E-state index in [1.807, 2.05) is 25.1 Å². The Labute approximate surface area is 123 Å². The molecule has 4 heteroatoms. The van der Waals surface area contributed by atoms with E-state index in [1.165, 1.54) is 4.90 Å². The molecule has 2 amide bonds. The number of hydrogen-bond donors (Lipinski definition) is 0. The summed E-state index contributed by atoms with van der Waals surface area (Å²) in [6, 6.07) is 14.2. The van der Waals surface area contributed by atoms with Crippen molar-refractivity contribution >= 4 is 17.5 Å². The number of aryl methyl sites for hydroxylation is 1. The van der Waals surface area contributed by atoms with Crippen LogP contribution >= 0.6 is 0 Å². The number of hydrogen-bond acceptors (Lipinski definition) is 3. The zero-order valence-corrected chi connectivity index (χ0v) is 11.9.